The van der Waals surface area contributed by atoms with Crippen molar-refractivity contribution in [1.29, 1.82) is 0 Å². The number of hydrogen-bond donors (Lipinski definition) is 3. The highest BCUT2D eigenvalue weighted by Gasteiger charge is 2.16. The Bertz CT molecular complexity index is 748. The Kier molecular flexibility index (Phi) is 4.90. The number of carbonyl (C=O) groups is 2. The molecule has 0 saturated heterocycles. The third-order valence-electron chi connectivity index (χ3n) is 2.84. The summed E-state index contributed by atoms with van der Waals surface area (Å²) in [4.78, 5) is 23.7. The van der Waals surface area contributed by atoms with Crippen LogP contribution in [0.2, 0.25) is 10.0 Å². The Hall–Kier alpha value is -2.24. The van der Waals surface area contributed by atoms with Crippen LogP contribution in [0.4, 0.5) is 11.4 Å². The molecule has 2 aromatic carbocycles. The highest BCUT2D eigenvalue weighted by Crippen LogP contribution is 2.26. The highest BCUT2D eigenvalue weighted by atomic mass is 35.5. The number of hydrogen-bond acceptors (Lipinski definition) is 3. The molecule has 7 heteroatoms. The molecule has 0 atom stereocenters. The number of rotatable bonds is 2. The summed E-state index contributed by atoms with van der Waals surface area (Å²) in [6.45, 7) is 1.82. The average Bonchev–Trinajstić information content (AvgIpc) is 2.46. The van der Waals surface area contributed by atoms with Gasteiger partial charge in [-0.3, -0.25) is 9.59 Å². The summed E-state index contributed by atoms with van der Waals surface area (Å²) in [6, 6.07) is 9.00. The molecule has 2 aromatic rings. The number of phenolic OH excluding ortho intramolecular Hbond substituents is 1. The zero-order chi connectivity index (χ0) is 16.3. The van der Waals surface area contributed by atoms with E-state index in [-0.39, 0.29) is 11.4 Å². The van der Waals surface area contributed by atoms with Gasteiger partial charge in [0.25, 0.3) is 0 Å². The van der Waals surface area contributed by atoms with Gasteiger partial charge >= 0.3 is 11.8 Å². The molecule has 0 bridgehead atoms. The van der Waals surface area contributed by atoms with Crippen LogP contribution in [-0.4, -0.2) is 16.9 Å². The van der Waals surface area contributed by atoms with Gasteiger partial charge < -0.3 is 15.7 Å². The second-order valence-electron chi connectivity index (χ2n) is 4.53. The van der Waals surface area contributed by atoms with Gasteiger partial charge in [0.05, 0.1) is 5.69 Å². The Morgan fingerprint density at radius 2 is 1.68 bits per heavy atom. The molecule has 0 aliphatic carbocycles. The number of halogens is 2. The summed E-state index contributed by atoms with van der Waals surface area (Å²) in [6.07, 6.45) is 0. The Morgan fingerprint density at radius 1 is 1.00 bits per heavy atom. The monoisotopic (exact) mass is 338 g/mol. The van der Waals surface area contributed by atoms with Crippen molar-refractivity contribution >= 4 is 46.4 Å². The predicted molar refractivity (Wildman–Crippen MR) is 86.6 cm³/mol. The van der Waals surface area contributed by atoms with Gasteiger partial charge in [-0.25, -0.2) is 0 Å². The number of aryl methyl sites for hydroxylation is 1. The highest BCUT2D eigenvalue weighted by molar-refractivity contribution is 6.44. The van der Waals surface area contributed by atoms with E-state index in [1.54, 1.807) is 18.2 Å². The second-order valence-corrected chi connectivity index (χ2v) is 5.38. The van der Waals surface area contributed by atoms with Gasteiger partial charge in [-0.15, -0.1) is 0 Å². The number of amides is 2. The molecule has 0 aliphatic heterocycles. The van der Waals surface area contributed by atoms with Crippen molar-refractivity contribution in [3.05, 3.63) is 52.0 Å². The average molecular weight is 339 g/mol. The number of carbonyl (C=O) groups excluding carboxylic acids is 2. The van der Waals surface area contributed by atoms with Gasteiger partial charge in [-0.2, -0.15) is 0 Å². The van der Waals surface area contributed by atoms with Gasteiger partial charge in [0.2, 0.25) is 0 Å². The lowest BCUT2D eigenvalue weighted by Crippen LogP contribution is -2.29. The molecule has 0 spiro atoms. The predicted octanol–water partition coefficient (Wildman–Crippen LogP) is 3.58. The van der Waals surface area contributed by atoms with Crippen molar-refractivity contribution in [3.8, 4) is 5.75 Å². The number of phenols is 1. The SMILES string of the molecule is Cc1ccc(NC(=O)C(=O)Nc2cc(Cl)ccc2O)cc1Cl. The van der Waals surface area contributed by atoms with Crippen molar-refractivity contribution in [2.75, 3.05) is 10.6 Å². The van der Waals surface area contributed by atoms with E-state index in [4.69, 9.17) is 23.2 Å². The Labute approximate surface area is 136 Å². The molecule has 22 heavy (non-hydrogen) atoms. The lowest BCUT2D eigenvalue weighted by molar-refractivity contribution is -0.133. The fourth-order valence-corrected chi connectivity index (χ4v) is 2.00. The van der Waals surface area contributed by atoms with E-state index >= 15 is 0 Å². The topological polar surface area (TPSA) is 78.4 Å². The van der Waals surface area contributed by atoms with Crippen LogP contribution in [0.15, 0.2) is 36.4 Å². The summed E-state index contributed by atoms with van der Waals surface area (Å²) in [5.41, 5.74) is 1.30. The molecule has 0 fully saturated rings. The maximum atomic E-state index is 11.8. The van der Waals surface area contributed by atoms with Gasteiger partial charge in [0.15, 0.2) is 0 Å². The van der Waals surface area contributed by atoms with Crippen LogP contribution in [0.1, 0.15) is 5.56 Å². The number of benzene rings is 2. The summed E-state index contributed by atoms with van der Waals surface area (Å²) in [5, 5.41) is 15.1. The van der Waals surface area contributed by atoms with E-state index < -0.39 is 11.8 Å². The summed E-state index contributed by atoms with van der Waals surface area (Å²) in [7, 11) is 0. The molecule has 2 amide bonds. The minimum Gasteiger partial charge on any atom is -0.506 e. The number of aromatic hydroxyl groups is 1. The molecular formula is C15H12Cl2N2O3. The van der Waals surface area contributed by atoms with Crippen LogP contribution in [0.3, 0.4) is 0 Å². The van der Waals surface area contributed by atoms with Crippen molar-refractivity contribution in [2.24, 2.45) is 0 Å². The maximum Gasteiger partial charge on any atom is 0.314 e. The van der Waals surface area contributed by atoms with E-state index in [2.05, 4.69) is 10.6 Å². The normalized spacial score (nSPS) is 10.1. The van der Waals surface area contributed by atoms with Crippen molar-refractivity contribution in [3.63, 3.8) is 0 Å². The first-order chi connectivity index (χ1) is 10.4. The van der Waals surface area contributed by atoms with E-state index in [0.29, 0.717) is 15.7 Å². The van der Waals surface area contributed by atoms with Crippen LogP contribution < -0.4 is 10.6 Å². The minimum absolute atomic E-state index is 0.0505. The fourth-order valence-electron chi connectivity index (χ4n) is 1.65. The zero-order valence-corrected chi connectivity index (χ0v) is 13.0. The molecule has 0 aliphatic rings. The van der Waals surface area contributed by atoms with E-state index in [9.17, 15) is 14.7 Å². The first-order valence-electron chi connectivity index (χ1n) is 6.24. The largest absolute Gasteiger partial charge is 0.506 e. The Morgan fingerprint density at radius 3 is 2.36 bits per heavy atom. The molecule has 3 N–H and O–H groups in total. The molecule has 5 nitrogen and oxygen atoms in total. The van der Waals surface area contributed by atoms with E-state index in [0.717, 1.165) is 5.56 Å². The summed E-state index contributed by atoms with van der Waals surface area (Å²) in [5.74, 6) is -2.02. The first kappa shape index (κ1) is 16.1. The lowest BCUT2D eigenvalue weighted by atomic mass is 10.2. The van der Waals surface area contributed by atoms with Crippen LogP contribution >= 0.6 is 23.2 Å². The van der Waals surface area contributed by atoms with Crippen LogP contribution in [0.25, 0.3) is 0 Å². The fraction of sp³-hybridized carbons (Fsp3) is 0.0667. The number of nitrogens with one attached hydrogen (secondary N) is 2. The van der Waals surface area contributed by atoms with Crippen molar-refractivity contribution in [1.82, 2.24) is 0 Å². The smallest absolute Gasteiger partial charge is 0.314 e. The maximum absolute atomic E-state index is 11.8. The van der Waals surface area contributed by atoms with Crippen molar-refractivity contribution < 1.29 is 14.7 Å². The molecule has 0 heterocycles. The molecule has 114 valence electrons. The zero-order valence-electron chi connectivity index (χ0n) is 11.5. The molecule has 0 radical (unpaired) electrons. The molecule has 0 unspecified atom stereocenters. The summed E-state index contributed by atoms with van der Waals surface area (Å²) >= 11 is 11.7. The van der Waals surface area contributed by atoms with Gasteiger partial charge in [0, 0.05) is 15.7 Å². The van der Waals surface area contributed by atoms with Gasteiger partial charge in [-0.05, 0) is 42.8 Å². The molecule has 0 saturated carbocycles. The molecular weight excluding hydrogens is 327 g/mol. The van der Waals surface area contributed by atoms with E-state index in [1.807, 2.05) is 6.92 Å². The molecule has 2 rings (SSSR count). The Balaban J connectivity index is 2.07. The van der Waals surface area contributed by atoms with Gasteiger partial charge in [0.1, 0.15) is 5.75 Å². The molecule has 0 aromatic heterocycles. The standard InChI is InChI=1S/C15H12Cl2N2O3/c1-8-2-4-10(7-11(8)17)18-14(21)15(22)19-12-6-9(16)3-5-13(12)20/h2-7,20H,1H3,(H,18,21)(H,19,22). The van der Waals surface area contributed by atoms with Gasteiger partial charge in [-0.1, -0.05) is 29.3 Å². The second kappa shape index (κ2) is 6.68. The van der Waals surface area contributed by atoms with E-state index in [1.165, 1.54) is 18.2 Å². The van der Waals surface area contributed by atoms with Crippen LogP contribution in [0, 0.1) is 6.92 Å². The third-order valence-corrected chi connectivity index (χ3v) is 3.49. The first-order valence-corrected chi connectivity index (χ1v) is 6.99. The lowest BCUT2D eigenvalue weighted by Gasteiger charge is -2.09. The minimum atomic E-state index is -0.936. The third kappa shape index (κ3) is 3.90. The van der Waals surface area contributed by atoms with Crippen LogP contribution in [0.5, 0.6) is 5.75 Å². The van der Waals surface area contributed by atoms with Crippen LogP contribution in [-0.2, 0) is 9.59 Å². The number of anilines is 2. The quantitative estimate of drug-likeness (QED) is 0.578. The van der Waals surface area contributed by atoms with Crippen molar-refractivity contribution in [2.45, 2.75) is 6.92 Å². The summed E-state index contributed by atoms with van der Waals surface area (Å²) < 4.78 is 0.